The lowest BCUT2D eigenvalue weighted by atomic mass is 9.92. The molecular weight excluding hydrogens is 190 g/mol. The first kappa shape index (κ1) is 12.5. The minimum atomic E-state index is -0.233. The van der Waals surface area contributed by atoms with Gasteiger partial charge in [-0.1, -0.05) is 27.7 Å². The molecule has 1 amide bonds. The van der Waals surface area contributed by atoms with Crippen molar-refractivity contribution < 1.29 is 9.90 Å². The fourth-order valence-corrected chi connectivity index (χ4v) is 1.91. The van der Waals surface area contributed by atoms with Crippen molar-refractivity contribution >= 4 is 5.91 Å². The molecule has 0 aromatic carbocycles. The van der Waals surface area contributed by atoms with Gasteiger partial charge in [-0.25, -0.2) is 0 Å². The average molecular weight is 213 g/mol. The van der Waals surface area contributed by atoms with Crippen LogP contribution in [-0.2, 0) is 4.79 Å². The minimum absolute atomic E-state index is 0.0902. The minimum Gasteiger partial charge on any atom is -0.393 e. The molecule has 0 aromatic heterocycles. The molecule has 0 spiro atoms. The van der Waals surface area contributed by atoms with Gasteiger partial charge in [-0.2, -0.15) is 0 Å². The third kappa shape index (κ3) is 2.94. The summed E-state index contributed by atoms with van der Waals surface area (Å²) in [6.45, 7) is 9.56. The quantitative estimate of drug-likeness (QED) is 0.755. The lowest BCUT2D eigenvalue weighted by Crippen LogP contribution is -2.47. The number of aliphatic hydroxyl groups is 1. The lowest BCUT2D eigenvalue weighted by molar-refractivity contribution is -0.139. The highest BCUT2D eigenvalue weighted by Crippen LogP contribution is 2.20. The van der Waals surface area contributed by atoms with Crippen molar-refractivity contribution in [2.75, 3.05) is 13.1 Å². The number of amides is 1. The van der Waals surface area contributed by atoms with Gasteiger partial charge in [0, 0.05) is 19.0 Å². The van der Waals surface area contributed by atoms with Crippen LogP contribution in [0, 0.1) is 17.8 Å². The van der Waals surface area contributed by atoms with Crippen LogP contribution in [0.1, 0.15) is 34.1 Å². The Kier molecular flexibility index (Phi) is 4.14. The summed E-state index contributed by atoms with van der Waals surface area (Å²) in [6, 6.07) is 0. The predicted octanol–water partition coefficient (Wildman–Crippen LogP) is 1.51. The summed E-state index contributed by atoms with van der Waals surface area (Å²) in [5.74, 6) is 0.929. The average Bonchev–Trinajstić information content (AvgIpc) is 2.19. The van der Waals surface area contributed by atoms with E-state index in [9.17, 15) is 9.90 Å². The number of nitrogens with zero attached hydrogens (tertiary/aromatic N) is 1. The van der Waals surface area contributed by atoms with Crippen LogP contribution < -0.4 is 0 Å². The summed E-state index contributed by atoms with van der Waals surface area (Å²) in [6.07, 6.45) is 0.487. The van der Waals surface area contributed by atoms with Crippen LogP contribution in [0.4, 0.5) is 0 Å². The summed E-state index contributed by atoms with van der Waals surface area (Å²) >= 11 is 0. The standard InChI is InChI=1S/C12H23NO2/c1-8(2)10(4)12(15)13-6-5-11(14)9(3)7-13/h8-11,14H,5-7H2,1-4H3. The molecule has 3 atom stereocenters. The van der Waals surface area contributed by atoms with Crippen LogP contribution >= 0.6 is 0 Å². The Morgan fingerprint density at radius 3 is 2.47 bits per heavy atom. The highest BCUT2D eigenvalue weighted by atomic mass is 16.3. The van der Waals surface area contributed by atoms with E-state index in [1.165, 1.54) is 0 Å². The van der Waals surface area contributed by atoms with Crippen LogP contribution in [0.3, 0.4) is 0 Å². The Hall–Kier alpha value is -0.570. The van der Waals surface area contributed by atoms with Crippen molar-refractivity contribution in [2.24, 2.45) is 17.8 Å². The van der Waals surface area contributed by atoms with Crippen molar-refractivity contribution in [3.05, 3.63) is 0 Å². The molecule has 1 aliphatic heterocycles. The molecule has 0 saturated carbocycles. The maximum atomic E-state index is 12.0. The van der Waals surface area contributed by atoms with Gasteiger partial charge in [-0.3, -0.25) is 4.79 Å². The number of piperidine rings is 1. The molecule has 0 aliphatic carbocycles. The van der Waals surface area contributed by atoms with Gasteiger partial charge in [0.25, 0.3) is 0 Å². The summed E-state index contributed by atoms with van der Waals surface area (Å²) in [5.41, 5.74) is 0. The van der Waals surface area contributed by atoms with E-state index in [0.29, 0.717) is 19.0 Å². The largest absolute Gasteiger partial charge is 0.393 e. The Labute approximate surface area is 92.5 Å². The number of carbonyl (C=O) groups is 1. The van der Waals surface area contributed by atoms with E-state index >= 15 is 0 Å². The van der Waals surface area contributed by atoms with Crippen LogP contribution in [0.15, 0.2) is 0 Å². The van der Waals surface area contributed by atoms with Crippen molar-refractivity contribution in [3.8, 4) is 0 Å². The number of rotatable bonds is 2. The molecule has 1 fully saturated rings. The summed E-state index contributed by atoms with van der Waals surface area (Å²) in [5, 5.41) is 9.59. The number of likely N-dealkylation sites (tertiary alicyclic amines) is 1. The number of hydrogen-bond acceptors (Lipinski definition) is 2. The van der Waals surface area contributed by atoms with Gasteiger partial charge in [0.1, 0.15) is 0 Å². The van der Waals surface area contributed by atoms with E-state index in [4.69, 9.17) is 0 Å². The summed E-state index contributed by atoms with van der Waals surface area (Å²) in [7, 11) is 0. The van der Waals surface area contributed by atoms with E-state index in [0.717, 1.165) is 6.42 Å². The van der Waals surface area contributed by atoms with Crippen LogP contribution in [-0.4, -0.2) is 35.1 Å². The lowest BCUT2D eigenvalue weighted by Gasteiger charge is -2.36. The fraction of sp³-hybridized carbons (Fsp3) is 0.917. The molecular formula is C12H23NO2. The van der Waals surface area contributed by atoms with Gasteiger partial charge in [0.2, 0.25) is 5.91 Å². The molecule has 1 rings (SSSR count). The Balaban J connectivity index is 2.54. The zero-order chi connectivity index (χ0) is 11.6. The molecule has 1 N–H and O–H groups in total. The first-order valence-corrected chi connectivity index (χ1v) is 5.90. The van der Waals surface area contributed by atoms with E-state index in [1.54, 1.807) is 0 Å². The van der Waals surface area contributed by atoms with Crippen LogP contribution in [0.5, 0.6) is 0 Å². The molecule has 3 nitrogen and oxygen atoms in total. The number of aliphatic hydroxyl groups excluding tert-OH is 1. The molecule has 1 aliphatic rings. The Morgan fingerprint density at radius 2 is 2.00 bits per heavy atom. The van der Waals surface area contributed by atoms with Gasteiger partial charge >= 0.3 is 0 Å². The van der Waals surface area contributed by atoms with E-state index < -0.39 is 0 Å². The zero-order valence-corrected chi connectivity index (χ0v) is 10.2. The molecule has 3 heteroatoms. The maximum Gasteiger partial charge on any atom is 0.225 e. The topological polar surface area (TPSA) is 40.5 Å². The Bertz CT molecular complexity index is 228. The third-order valence-electron chi connectivity index (χ3n) is 3.56. The summed E-state index contributed by atoms with van der Waals surface area (Å²) < 4.78 is 0. The Morgan fingerprint density at radius 1 is 1.40 bits per heavy atom. The molecule has 1 saturated heterocycles. The van der Waals surface area contributed by atoms with Gasteiger partial charge in [0.15, 0.2) is 0 Å². The molecule has 0 aromatic rings. The van der Waals surface area contributed by atoms with Gasteiger partial charge in [-0.05, 0) is 18.3 Å². The van der Waals surface area contributed by atoms with E-state index in [2.05, 4.69) is 13.8 Å². The second-order valence-electron chi connectivity index (χ2n) is 5.15. The summed E-state index contributed by atoms with van der Waals surface area (Å²) in [4.78, 5) is 13.9. The van der Waals surface area contributed by atoms with Crippen LogP contribution in [0.25, 0.3) is 0 Å². The number of hydrogen-bond donors (Lipinski definition) is 1. The van der Waals surface area contributed by atoms with Crippen molar-refractivity contribution in [1.29, 1.82) is 0 Å². The number of carbonyl (C=O) groups excluding carboxylic acids is 1. The highest BCUT2D eigenvalue weighted by molar-refractivity contribution is 5.78. The van der Waals surface area contributed by atoms with E-state index in [1.807, 2.05) is 18.7 Å². The smallest absolute Gasteiger partial charge is 0.225 e. The second kappa shape index (κ2) is 4.97. The molecule has 1 heterocycles. The van der Waals surface area contributed by atoms with Crippen molar-refractivity contribution in [2.45, 2.75) is 40.2 Å². The SMILES string of the molecule is CC(C)C(C)C(=O)N1CCC(O)C(C)C1. The normalized spacial score (nSPS) is 29.3. The van der Waals surface area contributed by atoms with Gasteiger partial charge in [0.05, 0.1) is 6.10 Å². The molecule has 88 valence electrons. The maximum absolute atomic E-state index is 12.0. The van der Waals surface area contributed by atoms with Crippen molar-refractivity contribution in [3.63, 3.8) is 0 Å². The molecule has 0 bridgehead atoms. The zero-order valence-electron chi connectivity index (χ0n) is 10.2. The molecule has 3 unspecified atom stereocenters. The third-order valence-corrected chi connectivity index (χ3v) is 3.56. The van der Waals surface area contributed by atoms with Crippen LogP contribution in [0.2, 0.25) is 0 Å². The second-order valence-corrected chi connectivity index (χ2v) is 5.15. The first-order valence-electron chi connectivity index (χ1n) is 5.90. The van der Waals surface area contributed by atoms with Crippen molar-refractivity contribution in [1.82, 2.24) is 4.90 Å². The first-order chi connectivity index (χ1) is 6.93. The molecule has 15 heavy (non-hydrogen) atoms. The monoisotopic (exact) mass is 213 g/mol. The molecule has 0 radical (unpaired) electrons. The highest BCUT2D eigenvalue weighted by Gasteiger charge is 2.30. The predicted molar refractivity (Wildman–Crippen MR) is 60.4 cm³/mol. The van der Waals surface area contributed by atoms with Gasteiger partial charge in [-0.15, -0.1) is 0 Å². The fourth-order valence-electron chi connectivity index (χ4n) is 1.91. The van der Waals surface area contributed by atoms with Gasteiger partial charge < -0.3 is 10.0 Å². The van der Waals surface area contributed by atoms with E-state index in [-0.39, 0.29) is 23.8 Å².